The van der Waals surface area contributed by atoms with E-state index in [2.05, 4.69) is 6.07 Å². The highest BCUT2D eigenvalue weighted by Gasteiger charge is 2.26. The molecule has 0 bridgehead atoms. The highest BCUT2D eigenvalue weighted by Crippen LogP contribution is 2.29. The van der Waals surface area contributed by atoms with Gasteiger partial charge in [-0.15, -0.1) is 0 Å². The summed E-state index contributed by atoms with van der Waals surface area (Å²) in [6.45, 7) is 5.02. The van der Waals surface area contributed by atoms with Gasteiger partial charge in [-0.05, 0) is 24.0 Å². The lowest BCUT2D eigenvalue weighted by molar-refractivity contribution is -0.135. The normalized spacial score (nSPS) is 15.6. The third-order valence-corrected chi connectivity index (χ3v) is 4.45. The van der Waals surface area contributed by atoms with E-state index in [1.165, 1.54) is 5.56 Å². The van der Waals surface area contributed by atoms with Gasteiger partial charge in [-0.25, -0.2) is 0 Å². The van der Waals surface area contributed by atoms with Gasteiger partial charge in [0.2, 0.25) is 5.91 Å². The standard InChI is InChI=1S/C19H23NO3/c1-13(2)16(21)11-19(22)20-9-8-15-10-17(23-18(15)12-20)14-6-4-3-5-7-14/h3-7,10,13,16,21H,8-9,11-12H2,1-2H3. The summed E-state index contributed by atoms with van der Waals surface area (Å²) in [5.74, 6) is 1.80. The number of aliphatic hydroxyl groups excluding tert-OH is 1. The molecule has 2 heterocycles. The number of carbonyl (C=O) groups excluding carboxylic acids is 1. The van der Waals surface area contributed by atoms with Crippen molar-refractivity contribution in [2.75, 3.05) is 6.54 Å². The van der Waals surface area contributed by atoms with Crippen LogP contribution in [0.3, 0.4) is 0 Å². The molecule has 0 radical (unpaired) electrons. The van der Waals surface area contributed by atoms with Crippen molar-refractivity contribution in [3.05, 3.63) is 47.7 Å². The van der Waals surface area contributed by atoms with E-state index in [-0.39, 0.29) is 18.2 Å². The van der Waals surface area contributed by atoms with E-state index < -0.39 is 6.10 Å². The molecule has 1 aromatic heterocycles. The second-order valence-electron chi connectivity index (χ2n) is 6.51. The predicted molar refractivity (Wildman–Crippen MR) is 88.7 cm³/mol. The number of benzene rings is 1. The van der Waals surface area contributed by atoms with Crippen LogP contribution in [-0.2, 0) is 17.8 Å². The summed E-state index contributed by atoms with van der Waals surface area (Å²) in [4.78, 5) is 14.1. The minimum absolute atomic E-state index is 0.00508. The van der Waals surface area contributed by atoms with Crippen LogP contribution in [0.5, 0.6) is 0 Å². The molecule has 1 aliphatic heterocycles. The quantitative estimate of drug-likeness (QED) is 0.943. The lowest BCUT2D eigenvalue weighted by Crippen LogP contribution is -2.37. The summed E-state index contributed by atoms with van der Waals surface area (Å²) in [5, 5.41) is 9.90. The molecule has 1 aromatic carbocycles. The zero-order valence-electron chi connectivity index (χ0n) is 13.7. The van der Waals surface area contributed by atoms with E-state index >= 15 is 0 Å². The van der Waals surface area contributed by atoms with Crippen molar-refractivity contribution < 1.29 is 14.3 Å². The number of hydrogen-bond acceptors (Lipinski definition) is 3. The van der Waals surface area contributed by atoms with Gasteiger partial charge in [-0.3, -0.25) is 4.79 Å². The first kappa shape index (κ1) is 15.8. The number of aliphatic hydroxyl groups is 1. The Morgan fingerprint density at radius 3 is 2.74 bits per heavy atom. The number of amides is 1. The highest BCUT2D eigenvalue weighted by atomic mass is 16.3. The van der Waals surface area contributed by atoms with E-state index in [0.29, 0.717) is 13.1 Å². The molecule has 0 saturated carbocycles. The first-order valence-corrected chi connectivity index (χ1v) is 8.17. The van der Waals surface area contributed by atoms with E-state index in [4.69, 9.17) is 4.42 Å². The molecule has 4 nitrogen and oxygen atoms in total. The lowest BCUT2D eigenvalue weighted by Gasteiger charge is -2.27. The van der Waals surface area contributed by atoms with Crippen LogP contribution in [0.15, 0.2) is 40.8 Å². The Morgan fingerprint density at radius 1 is 1.30 bits per heavy atom. The Bertz CT molecular complexity index is 675. The van der Waals surface area contributed by atoms with Crippen LogP contribution in [0.2, 0.25) is 0 Å². The molecule has 0 spiro atoms. The Kier molecular flexibility index (Phi) is 4.53. The Hall–Kier alpha value is -2.07. The van der Waals surface area contributed by atoms with Crippen LogP contribution < -0.4 is 0 Å². The number of hydrogen-bond donors (Lipinski definition) is 1. The second-order valence-corrected chi connectivity index (χ2v) is 6.51. The molecule has 1 atom stereocenters. The molecule has 0 aliphatic carbocycles. The third kappa shape index (κ3) is 3.48. The summed E-state index contributed by atoms with van der Waals surface area (Å²) >= 11 is 0. The predicted octanol–water partition coefficient (Wildman–Crippen LogP) is 3.24. The topological polar surface area (TPSA) is 53.7 Å². The van der Waals surface area contributed by atoms with Gasteiger partial charge in [0.05, 0.1) is 19.1 Å². The molecule has 1 amide bonds. The fraction of sp³-hybridized carbons (Fsp3) is 0.421. The Labute approximate surface area is 136 Å². The number of fused-ring (bicyclic) bond motifs is 1. The molecule has 3 rings (SSSR count). The van der Waals surface area contributed by atoms with Gasteiger partial charge in [0.15, 0.2) is 0 Å². The van der Waals surface area contributed by atoms with Crippen molar-refractivity contribution in [1.82, 2.24) is 4.90 Å². The fourth-order valence-electron chi connectivity index (χ4n) is 2.82. The molecule has 0 fully saturated rings. The first-order valence-electron chi connectivity index (χ1n) is 8.17. The van der Waals surface area contributed by atoms with Gasteiger partial charge < -0.3 is 14.4 Å². The molecule has 1 aliphatic rings. The molecule has 1 N–H and O–H groups in total. The summed E-state index contributed by atoms with van der Waals surface area (Å²) in [6, 6.07) is 12.1. The van der Waals surface area contributed by atoms with Crippen LogP contribution in [0, 0.1) is 5.92 Å². The largest absolute Gasteiger partial charge is 0.459 e. The number of nitrogens with zero attached hydrogens (tertiary/aromatic N) is 1. The Morgan fingerprint density at radius 2 is 2.04 bits per heavy atom. The van der Waals surface area contributed by atoms with Crippen LogP contribution in [0.1, 0.15) is 31.6 Å². The van der Waals surface area contributed by atoms with Crippen LogP contribution in [-0.4, -0.2) is 28.6 Å². The van der Waals surface area contributed by atoms with Crippen LogP contribution >= 0.6 is 0 Å². The minimum Gasteiger partial charge on any atom is -0.459 e. The van der Waals surface area contributed by atoms with Gasteiger partial charge in [0, 0.05) is 12.1 Å². The maximum absolute atomic E-state index is 12.3. The third-order valence-electron chi connectivity index (χ3n) is 4.45. The zero-order valence-corrected chi connectivity index (χ0v) is 13.7. The fourth-order valence-corrected chi connectivity index (χ4v) is 2.82. The lowest BCUT2D eigenvalue weighted by atomic mass is 10.0. The SMILES string of the molecule is CC(C)C(O)CC(=O)N1CCc2cc(-c3ccccc3)oc2C1. The van der Waals surface area contributed by atoms with Crippen LogP contribution in [0.4, 0.5) is 0 Å². The van der Waals surface area contributed by atoms with E-state index in [0.717, 1.165) is 23.5 Å². The van der Waals surface area contributed by atoms with Gasteiger partial charge in [-0.2, -0.15) is 0 Å². The average Bonchev–Trinajstić information content (AvgIpc) is 2.98. The molecule has 122 valence electrons. The van der Waals surface area contributed by atoms with Gasteiger partial charge in [0.25, 0.3) is 0 Å². The average molecular weight is 313 g/mol. The van der Waals surface area contributed by atoms with E-state index in [1.807, 2.05) is 44.2 Å². The zero-order chi connectivity index (χ0) is 16.4. The number of furan rings is 1. The van der Waals surface area contributed by atoms with Crippen molar-refractivity contribution in [1.29, 1.82) is 0 Å². The molecular weight excluding hydrogens is 290 g/mol. The maximum atomic E-state index is 12.3. The maximum Gasteiger partial charge on any atom is 0.225 e. The summed E-state index contributed by atoms with van der Waals surface area (Å²) in [5.41, 5.74) is 2.23. The van der Waals surface area contributed by atoms with Crippen molar-refractivity contribution >= 4 is 5.91 Å². The van der Waals surface area contributed by atoms with E-state index in [1.54, 1.807) is 4.90 Å². The van der Waals surface area contributed by atoms with E-state index in [9.17, 15) is 9.90 Å². The summed E-state index contributed by atoms with van der Waals surface area (Å²) in [6.07, 6.45) is 0.398. The number of carbonyl (C=O) groups is 1. The molecule has 1 unspecified atom stereocenters. The Balaban J connectivity index is 1.71. The monoisotopic (exact) mass is 313 g/mol. The van der Waals surface area contributed by atoms with Crippen molar-refractivity contribution in [2.45, 2.75) is 39.3 Å². The number of rotatable bonds is 4. The van der Waals surface area contributed by atoms with Crippen molar-refractivity contribution in [3.63, 3.8) is 0 Å². The molecule has 23 heavy (non-hydrogen) atoms. The van der Waals surface area contributed by atoms with Crippen molar-refractivity contribution in [2.24, 2.45) is 5.92 Å². The smallest absolute Gasteiger partial charge is 0.225 e. The minimum atomic E-state index is -0.583. The van der Waals surface area contributed by atoms with Gasteiger partial charge in [0.1, 0.15) is 11.5 Å². The summed E-state index contributed by atoms with van der Waals surface area (Å²) in [7, 11) is 0. The highest BCUT2D eigenvalue weighted by molar-refractivity contribution is 5.77. The van der Waals surface area contributed by atoms with Crippen molar-refractivity contribution in [3.8, 4) is 11.3 Å². The van der Waals surface area contributed by atoms with Gasteiger partial charge >= 0.3 is 0 Å². The van der Waals surface area contributed by atoms with Gasteiger partial charge in [-0.1, -0.05) is 44.2 Å². The molecule has 2 aromatic rings. The summed E-state index contributed by atoms with van der Waals surface area (Å²) < 4.78 is 5.97. The first-order chi connectivity index (χ1) is 11.0. The molecule has 0 saturated heterocycles. The molecular formula is C19H23NO3. The second kappa shape index (κ2) is 6.59. The van der Waals surface area contributed by atoms with Crippen LogP contribution in [0.25, 0.3) is 11.3 Å². The molecule has 4 heteroatoms.